The summed E-state index contributed by atoms with van der Waals surface area (Å²) in [6.45, 7) is 6.10. The number of thiazole rings is 1. The normalized spacial score (nSPS) is 16.7. The predicted molar refractivity (Wildman–Crippen MR) is 76.2 cm³/mol. The third kappa shape index (κ3) is 3.78. The molecule has 0 aliphatic carbocycles. The van der Waals surface area contributed by atoms with Crippen LogP contribution in [0.25, 0.3) is 0 Å². The molecule has 102 valence electrons. The fraction of sp³-hybridized carbons (Fsp3) is 0.692. The highest BCUT2D eigenvalue weighted by Gasteiger charge is 2.12. The van der Waals surface area contributed by atoms with Crippen LogP contribution in [-0.2, 0) is 6.42 Å². The van der Waals surface area contributed by atoms with E-state index in [0.717, 1.165) is 24.4 Å². The molecule has 18 heavy (non-hydrogen) atoms. The van der Waals surface area contributed by atoms with E-state index in [1.54, 1.807) is 6.20 Å². The summed E-state index contributed by atoms with van der Waals surface area (Å²) >= 11 is 1.49. The molecule has 1 aromatic rings. The van der Waals surface area contributed by atoms with Gasteiger partial charge in [-0.2, -0.15) is 0 Å². The second-order valence-corrected chi connectivity index (χ2v) is 5.76. The Labute approximate surface area is 114 Å². The highest BCUT2D eigenvalue weighted by molar-refractivity contribution is 7.13. The largest absolute Gasteiger partial charge is 0.349 e. The molecule has 0 spiro atoms. The standard InChI is InChI=1S/C13H21N3OS.H2/c1-2-11-10-15-13(18-11)12(17)14-6-9-16-7-4-3-5-8-16;/h10H,2-9H2,1H3,(H,14,17);1H. The van der Waals surface area contributed by atoms with E-state index >= 15 is 0 Å². The van der Waals surface area contributed by atoms with Gasteiger partial charge in [0.15, 0.2) is 5.01 Å². The van der Waals surface area contributed by atoms with E-state index < -0.39 is 0 Å². The van der Waals surface area contributed by atoms with Crippen LogP contribution >= 0.6 is 11.3 Å². The van der Waals surface area contributed by atoms with Crippen molar-refractivity contribution in [2.75, 3.05) is 26.2 Å². The summed E-state index contributed by atoms with van der Waals surface area (Å²) in [4.78, 5) is 19.6. The van der Waals surface area contributed by atoms with Crippen molar-refractivity contribution in [3.8, 4) is 0 Å². The Balaban J connectivity index is 0.00000180. The number of piperidine rings is 1. The van der Waals surface area contributed by atoms with Gasteiger partial charge in [0.2, 0.25) is 0 Å². The first-order valence-electron chi connectivity index (χ1n) is 6.75. The maximum absolute atomic E-state index is 11.8. The van der Waals surface area contributed by atoms with Crippen molar-refractivity contribution in [1.29, 1.82) is 0 Å². The molecule has 1 fully saturated rings. The van der Waals surface area contributed by atoms with Gasteiger partial charge in [-0.1, -0.05) is 13.3 Å². The van der Waals surface area contributed by atoms with E-state index in [9.17, 15) is 4.79 Å². The van der Waals surface area contributed by atoms with Crippen LogP contribution in [0.5, 0.6) is 0 Å². The van der Waals surface area contributed by atoms with E-state index in [4.69, 9.17) is 0 Å². The maximum atomic E-state index is 11.8. The van der Waals surface area contributed by atoms with Gasteiger partial charge in [0.1, 0.15) is 0 Å². The number of hydrogen-bond donors (Lipinski definition) is 1. The van der Waals surface area contributed by atoms with Gasteiger partial charge < -0.3 is 10.2 Å². The number of nitrogens with zero attached hydrogens (tertiary/aromatic N) is 2. The number of carbonyl (C=O) groups is 1. The van der Waals surface area contributed by atoms with Crippen LogP contribution in [0, 0.1) is 0 Å². The van der Waals surface area contributed by atoms with E-state index in [-0.39, 0.29) is 7.33 Å². The topological polar surface area (TPSA) is 45.2 Å². The summed E-state index contributed by atoms with van der Waals surface area (Å²) in [6.07, 6.45) is 6.67. The SMILES string of the molecule is CCc1cnc(C(=O)NCCN2CCCCC2)s1.[HH]. The van der Waals surface area contributed by atoms with E-state index in [0.29, 0.717) is 5.01 Å². The lowest BCUT2D eigenvalue weighted by atomic mass is 10.1. The summed E-state index contributed by atoms with van der Waals surface area (Å²) < 4.78 is 0. The second-order valence-electron chi connectivity index (χ2n) is 4.64. The summed E-state index contributed by atoms with van der Waals surface area (Å²) in [5.41, 5.74) is 0. The van der Waals surface area contributed by atoms with Crippen molar-refractivity contribution >= 4 is 17.2 Å². The number of hydrogen-bond acceptors (Lipinski definition) is 4. The Bertz CT molecular complexity index is 391. The third-order valence-corrected chi connectivity index (χ3v) is 4.40. The first-order chi connectivity index (χ1) is 8.79. The zero-order valence-corrected chi connectivity index (χ0v) is 11.8. The second kappa shape index (κ2) is 6.85. The molecule has 1 aliphatic heterocycles. The molecule has 0 unspecified atom stereocenters. The molecule has 1 saturated heterocycles. The Morgan fingerprint density at radius 1 is 1.50 bits per heavy atom. The number of amides is 1. The highest BCUT2D eigenvalue weighted by atomic mass is 32.1. The molecule has 1 aromatic heterocycles. The summed E-state index contributed by atoms with van der Waals surface area (Å²) in [6, 6.07) is 0. The fourth-order valence-corrected chi connectivity index (χ4v) is 2.93. The van der Waals surface area contributed by atoms with Crippen LogP contribution in [0.4, 0.5) is 0 Å². The monoisotopic (exact) mass is 269 g/mol. The summed E-state index contributed by atoms with van der Waals surface area (Å²) in [5.74, 6) is -0.0308. The summed E-state index contributed by atoms with van der Waals surface area (Å²) in [7, 11) is 0. The lowest BCUT2D eigenvalue weighted by molar-refractivity contribution is 0.0946. The quantitative estimate of drug-likeness (QED) is 0.891. The number of rotatable bonds is 5. The maximum Gasteiger partial charge on any atom is 0.280 e. The van der Waals surface area contributed by atoms with Gasteiger partial charge in [-0.05, 0) is 32.4 Å². The van der Waals surface area contributed by atoms with Crippen molar-refractivity contribution in [1.82, 2.24) is 15.2 Å². The molecule has 0 bridgehead atoms. The van der Waals surface area contributed by atoms with Gasteiger partial charge in [0, 0.05) is 25.6 Å². The molecule has 5 heteroatoms. The molecule has 1 amide bonds. The van der Waals surface area contributed by atoms with Gasteiger partial charge in [-0.3, -0.25) is 4.79 Å². The first-order valence-corrected chi connectivity index (χ1v) is 7.56. The number of carbonyl (C=O) groups excluding carboxylic acids is 1. The van der Waals surface area contributed by atoms with Crippen molar-refractivity contribution in [3.63, 3.8) is 0 Å². The van der Waals surface area contributed by atoms with Gasteiger partial charge in [0.25, 0.3) is 5.91 Å². The first kappa shape index (κ1) is 13.5. The molecule has 4 nitrogen and oxygen atoms in total. The van der Waals surface area contributed by atoms with Crippen LogP contribution in [0.2, 0.25) is 0 Å². The smallest absolute Gasteiger partial charge is 0.280 e. The Hall–Kier alpha value is -0.940. The van der Waals surface area contributed by atoms with E-state index in [1.807, 2.05) is 0 Å². The lowest BCUT2D eigenvalue weighted by Crippen LogP contribution is -2.37. The molecular formula is C13H23N3OS. The minimum Gasteiger partial charge on any atom is -0.349 e. The summed E-state index contributed by atoms with van der Waals surface area (Å²) in [5, 5.41) is 3.54. The average molecular weight is 269 g/mol. The molecule has 0 saturated carbocycles. The van der Waals surface area contributed by atoms with Gasteiger partial charge in [-0.25, -0.2) is 4.98 Å². The van der Waals surface area contributed by atoms with Crippen molar-refractivity contribution in [3.05, 3.63) is 16.1 Å². The van der Waals surface area contributed by atoms with Crippen LogP contribution in [0.1, 0.15) is 42.3 Å². The minimum atomic E-state index is -0.0308. The molecule has 0 radical (unpaired) electrons. The Kier molecular flexibility index (Phi) is 5.13. The van der Waals surface area contributed by atoms with Crippen LogP contribution in [0.15, 0.2) is 6.20 Å². The molecular weight excluding hydrogens is 246 g/mol. The number of nitrogens with one attached hydrogen (secondary N) is 1. The number of likely N-dealkylation sites (tertiary alicyclic amines) is 1. The molecule has 0 atom stereocenters. The lowest BCUT2D eigenvalue weighted by Gasteiger charge is -2.26. The van der Waals surface area contributed by atoms with Crippen molar-refractivity contribution < 1.29 is 6.22 Å². The van der Waals surface area contributed by atoms with Gasteiger partial charge >= 0.3 is 0 Å². The zero-order valence-electron chi connectivity index (χ0n) is 10.9. The van der Waals surface area contributed by atoms with Crippen molar-refractivity contribution in [2.45, 2.75) is 32.6 Å². The molecule has 0 aromatic carbocycles. The van der Waals surface area contributed by atoms with Crippen LogP contribution in [-0.4, -0.2) is 42.0 Å². The Morgan fingerprint density at radius 2 is 2.28 bits per heavy atom. The van der Waals surface area contributed by atoms with Crippen LogP contribution < -0.4 is 5.32 Å². The third-order valence-electron chi connectivity index (χ3n) is 3.26. The molecule has 1 N–H and O–H groups in total. The molecule has 1 aliphatic rings. The average Bonchev–Trinajstić information content (AvgIpc) is 2.89. The van der Waals surface area contributed by atoms with Crippen LogP contribution in [0.3, 0.4) is 0 Å². The highest BCUT2D eigenvalue weighted by Crippen LogP contribution is 2.13. The van der Waals surface area contributed by atoms with Gasteiger partial charge in [0.05, 0.1) is 0 Å². The minimum absolute atomic E-state index is 0. The van der Waals surface area contributed by atoms with Crippen molar-refractivity contribution in [2.24, 2.45) is 0 Å². The Morgan fingerprint density at radius 3 is 2.94 bits per heavy atom. The zero-order chi connectivity index (χ0) is 12.8. The molecule has 2 rings (SSSR count). The van der Waals surface area contributed by atoms with E-state index in [1.165, 1.54) is 43.7 Å². The predicted octanol–water partition coefficient (Wildman–Crippen LogP) is 2.17. The van der Waals surface area contributed by atoms with Gasteiger partial charge in [-0.15, -0.1) is 11.3 Å². The fourth-order valence-electron chi connectivity index (χ4n) is 2.16. The number of aryl methyl sites for hydroxylation is 1. The van der Waals surface area contributed by atoms with E-state index in [2.05, 4.69) is 22.1 Å². The number of aromatic nitrogens is 1. The molecule has 2 heterocycles.